The molecule has 0 rings (SSSR count). The summed E-state index contributed by atoms with van der Waals surface area (Å²) in [6.07, 6.45) is 5.11. The maximum atomic E-state index is 10.3. The Balaban J connectivity index is 3.57. The first kappa shape index (κ1) is 15.3. The second kappa shape index (κ2) is 7.53. The fourth-order valence-electron chi connectivity index (χ4n) is 1.48. The van der Waals surface area contributed by atoms with E-state index < -0.39 is 0 Å². The highest BCUT2D eigenvalue weighted by Crippen LogP contribution is 2.22. The van der Waals surface area contributed by atoms with Crippen molar-refractivity contribution in [2.24, 2.45) is 5.41 Å². The van der Waals surface area contributed by atoms with Gasteiger partial charge in [0.1, 0.15) is 6.42 Å². The summed E-state index contributed by atoms with van der Waals surface area (Å²) in [5, 5.41) is 10.3. The predicted molar refractivity (Wildman–Crippen MR) is 63.8 cm³/mol. The van der Waals surface area contributed by atoms with Gasteiger partial charge in [0.2, 0.25) is 0 Å². The number of carbonyl (C=O) groups excluding carboxylic acids is 1. The van der Waals surface area contributed by atoms with Crippen LogP contribution in [0, 0.1) is 5.41 Å². The summed E-state index contributed by atoms with van der Waals surface area (Å²) in [6.45, 7) is 10.5. The van der Waals surface area contributed by atoms with E-state index in [0.29, 0.717) is 11.8 Å². The molecule has 0 aliphatic rings. The van der Waals surface area contributed by atoms with Gasteiger partial charge < -0.3 is 9.99 Å². The highest BCUT2D eigenvalue weighted by atomic mass is 17.1. The van der Waals surface area contributed by atoms with Gasteiger partial charge in [0, 0.05) is 0 Å². The molecule has 0 spiro atoms. The number of ether oxygens (including phenoxy) is 1. The van der Waals surface area contributed by atoms with Crippen molar-refractivity contribution in [2.45, 2.75) is 72.8 Å². The van der Waals surface area contributed by atoms with E-state index in [2.05, 4.69) is 25.3 Å². The van der Waals surface area contributed by atoms with E-state index in [1.54, 1.807) is 0 Å². The summed E-state index contributed by atoms with van der Waals surface area (Å²) in [6, 6.07) is 0. The molecule has 0 radical (unpaired) electrons. The van der Waals surface area contributed by atoms with Gasteiger partial charge in [0.05, 0.1) is 0 Å². The first-order chi connectivity index (χ1) is 7.35. The van der Waals surface area contributed by atoms with Crippen LogP contribution >= 0.6 is 0 Å². The average Bonchev–Trinajstić information content (AvgIpc) is 2.13. The van der Waals surface area contributed by atoms with Crippen LogP contribution in [-0.4, -0.2) is 12.1 Å². The van der Waals surface area contributed by atoms with Gasteiger partial charge >= 0.3 is 5.97 Å². The van der Waals surface area contributed by atoms with Gasteiger partial charge in [-0.3, -0.25) is 4.58 Å². The molecule has 0 bridgehead atoms. The van der Waals surface area contributed by atoms with Gasteiger partial charge in [-0.05, 0) is 32.1 Å². The lowest BCUT2D eigenvalue weighted by Gasteiger charge is -2.17. The molecule has 0 aliphatic heterocycles. The number of hydrogen-bond donors (Lipinski definition) is 0. The second-order valence-electron chi connectivity index (χ2n) is 5.74. The first-order valence-corrected chi connectivity index (χ1v) is 6.17. The fraction of sp³-hybridized carbons (Fsp3) is 0.923. The Morgan fingerprint density at radius 3 is 2.25 bits per heavy atom. The molecule has 96 valence electrons. The van der Waals surface area contributed by atoms with Crippen molar-refractivity contribution in [2.75, 3.05) is 0 Å². The minimum Gasteiger partial charge on any atom is -0.588 e. The third-order valence-corrected chi connectivity index (χ3v) is 2.27. The Bertz CT molecular complexity index is 202. The van der Waals surface area contributed by atoms with E-state index in [9.17, 15) is 5.26 Å². The summed E-state index contributed by atoms with van der Waals surface area (Å²) in [4.78, 5) is 0. The first-order valence-electron chi connectivity index (χ1n) is 6.17. The van der Waals surface area contributed by atoms with Gasteiger partial charge in [-0.2, -0.15) is 0 Å². The van der Waals surface area contributed by atoms with Crippen molar-refractivity contribution in [3.05, 3.63) is 0 Å². The van der Waals surface area contributed by atoms with Gasteiger partial charge in [-0.25, -0.2) is 0 Å². The zero-order valence-corrected chi connectivity index (χ0v) is 11.3. The third-order valence-electron chi connectivity index (χ3n) is 2.27. The maximum absolute atomic E-state index is 10.3. The van der Waals surface area contributed by atoms with Gasteiger partial charge in [-0.1, -0.05) is 33.6 Å². The zero-order valence-electron chi connectivity index (χ0n) is 11.3. The molecule has 0 saturated heterocycles. The Hall–Kier alpha value is -0.730. The fourth-order valence-corrected chi connectivity index (χ4v) is 1.48. The van der Waals surface area contributed by atoms with Crippen molar-refractivity contribution < 1.29 is 14.6 Å². The molecule has 0 aromatic carbocycles. The molecule has 0 fully saturated rings. The molecule has 16 heavy (non-hydrogen) atoms. The normalized spacial score (nSPS) is 13.2. The maximum Gasteiger partial charge on any atom is 0.497 e. The lowest BCUT2D eigenvalue weighted by atomic mass is 9.89. The van der Waals surface area contributed by atoms with Crippen molar-refractivity contribution in [3.8, 4) is 0 Å². The molecule has 0 saturated carbocycles. The summed E-state index contributed by atoms with van der Waals surface area (Å²) >= 11 is 0. The number of esters is 1. The summed E-state index contributed by atoms with van der Waals surface area (Å²) < 4.78 is 9.18. The van der Waals surface area contributed by atoms with E-state index in [4.69, 9.17) is 4.74 Å². The van der Waals surface area contributed by atoms with Gasteiger partial charge in [0.15, 0.2) is 6.10 Å². The molecule has 0 aromatic heterocycles. The molecule has 0 aliphatic carbocycles. The summed E-state index contributed by atoms with van der Waals surface area (Å²) in [5.41, 5.74) is 0.399. The summed E-state index contributed by atoms with van der Waals surface area (Å²) in [5.74, 6) is 0.228. The summed E-state index contributed by atoms with van der Waals surface area (Å²) in [7, 11) is 0. The standard InChI is InChI=1S/C13H26O3/c1-11(2)15-12(16-14)9-7-6-8-10-13(3,4)5/h11H,6-10H2,1-5H3. The van der Waals surface area contributed by atoms with Crippen LogP contribution in [0.25, 0.3) is 0 Å². The van der Waals surface area contributed by atoms with E-state index >= 15 is 0 Å². The Morgan fingerprint density at radius 2 is 1.81 bits per heavy atom. The number of hydrogen-bond acceptors (Lipinski definition) is 2. The molecule has 0 unspecified atom stereocenters. The Kier molecular flexibility index (Phi) is 7.18. The molecular formula is C13H26O3. The second-order valence-corrected chi connectivity index (χ2v) is 5.74. The quantitative estimate of drug-likeness (QED) is 0.231. The number of unbranched alkanes of at least 4 members (excludes halogenated alkanes) is 2. The van der Waals surface area contributed by atoms with E-state index in [0.717, 1.165) is 12.8 Å². The van der Waals surface area contributed by atoms with Crippen molar-refractivity contribution in [1.29, 1.82) is 0 Å². The van der Waals surface area contributed by atoms with Crippen molar-refractivity contribution in [1.82, 2.24) is 0 Å². The predicted octanol–water partition coefficient (Wildman–Crippen LogP) is 2.75. The minimum absolute atomic E-state index is 0.0125. The Morgan fingerprint density at radius 1 is 1.19 bits per heavy atom. The van der Waals surface area contributed by atoms with E-state index in [-0.39, 0.29) is 12.1 Å². The molecular weight excluding hydrogens is 204 g/mol. The van der Waals surface area contributed by atoms with E-state index in [1.165, 1.54) is 12.8 Å². The molecule has 3 nitrogen and oxygen atoms in total. The molecule has 0 aromatic rings. The van der Waals surface area contributed by atoms with Crippen LogP contribution in [0.15, 0.2) is 0 Å². The molecule has 3 heteroatoms. The molecule has 0 amide bonds. The SMILES string of the molecule is CC(C)OC(CCCCCC(C)(C)C)=[O+][O-]. The van der Waals surface area contributed by atoms with Crippen LogP contribution in [0.2, 0.25) is 0 Å². The van der Waals surface area contributed by atoms with Crippen molar-refractivity contribution in [3.63, 3.8) is 0 Å². The molecule has 0 heterocycles. The number of rotatable bonds is 6. The largest absolute Gasteiger partial charge is 0.588 e. The highest BCUT2D eigenvalue weighted by Gasteiger charge is 2.16. The van der Waals surface area contributed by atoms with Crippen LogP contribution in [0.4, 0.5) is 0 Å². The molecule has 0 atom stereocenters. The van der Waals surface area contributed by atoms with Crippen LogP contribution in [-0.2, 0) is 9.31 Å². The van der Waals surface area contributed by atoms with Crippen molar-refractivity contribution >= 4 is 5.97 Å². The van der Waals surface area contributed by atoms with Crippen LogP contribution < -0.4 is 5.26 Å². The third kappa shape index (κ3) is 9.81. The van der Waals surface area contributed by atoms with Crippen LogP contribution in [0.3, 0.4) is 0 Å². The monoisotopic (exact) mass is 230 g/mol. The smallest absolute Gasteiger partial charge is 0.497 e. The van der Waals surface area contributed by atoms with E-state index in [1.807, 2.05) is 13.8 Å². The van der Waals surface area contributed by atoms with Crippen LogP contribution in [0.1, 0.15) is 66.7 Å². The van der Waals surface area contributed by atoms with Gasteiger partial charge in [-0.15, -0.1) is 0 Å². The van der Waals surface area contributed by atoms with Gasteiger partial charge in [0.25, 0.3) is 0 Å². The lowest BCUT2D eigenvalue weighted by Crippen LogP contribution is -2.18. The lowest BCUT2D eigenvalue weighted by molar-refractivity contribution is -1.05. The minimum atomic E-state index is 0.0125. The highest BCUT2D eigenvalue weighted by molar-refractivity contribution is 5.69. The molecule has 0 N–H and O–H groups in total. The zero-order chi connectivity index (χ0) is 12.6. The van der Waals surface area contributed by atoms with Crippen LogP contribution in [0.5, 0.6) is 0 Å². The Labute approximate surface area is 99.4 Å². The average molecular weight is 230 g/mol. The topological polar surface area (TPSA) is 43.6 Å².